The van der Waals surface area contributed by atoms with Gasteiger partial charge in [0, 0.05) is 0 Å². The molecule has 0 fully saturated rings. The first kappa shape index (κ1) is 38.1. The molecule has 0 aliphatic heterocycles. The summed E-state index contributed by atoms with van der Waals surface area (Å²) in [5, 5.41) is 3.88. The monoisotopic (exact) mass is 752 g/mol. The van der Waals surface area contributed by atoms with Crippen LogP contribution in [0.4, 0.5) is 0 Å². The van der Waals surface area contributed by atoms with E-state index in [4.69, 9.17) is 9.47 Å². The molecule has 0 saturated carbocycles. The molecule has 0 saturated heterocycles. The van der Waals surface area contributed by atoms with E-state index in [0.29, 0.717) is 12.4 Å². The van der Waals surface area contributed by atoms with E-state index in [1.54, 1.807) is 36.4 Å². The van der Waals surface area contributed by atoms with Crippen LogP contribution in [-0.2, 0) is 14.3 Å². The molecule has 9 heteroatoms. The molecule has 3 aromatic carbocycles. The minimum absolute atomic E-state index is 0.144. The fourth-order valence-corrected chi connectivity index (χ4v) is 8.24. The first-order chi connectivity index (χ1) is 22.5. The Morgan fingerprint density at radius 2 is 1.30 bits per heavy atom. The van der Waals surface area contributed by atoms with Crippen molar-refractivity contribution in [3.8, 4) is 5.75 Å². The number of esters is 1. The Kier molecular flexibility index (Phi) is 15.7. The normalized spacial score (nSPS) is 11.3. The molecule has 0 heterocycles. The summed E-state index contributed by atoms with van der Waals surface area (Å²) in [6, 6.07) is 19.5. The number of carbonyl (C=O) groups excluding carboxylic acids is 4. The van der Waals surface area contributed by atoms with E-state index < -0.39 is 36.2 Å². The van der Waals surface area contributed by atoms with Crippen molar-refractivity contribution in [2.75, 3.05) is 19.8 Å². The number of carbonyl (C=O) groups is 4. The van der Waals surface area contributed by atoms with Crippen molar-refractivity contribution >= 4 is 52.8 Å². The number of hydrogen-bond donors (Lipinski definition) is 0. The predicted octanol–water partition coefficient (Wildman–Crippen LogP) is 8.68. The van der Waals surface area contributed by atoms with Gasteiger partial charge in [0.25, 0.3) is 0 Å². The summed E-state index contributed by atoms with van der Waals surface area (Å²) in [6.45, 7) is 4.92. The standard InChI is InChI=1S/C35H43N2O6.3CH3.Sn/c1-4-6-8-9-10-13-25-42-32-20-18-29(19-21-32)34(40)37(36(27(3)38)23-22-33(39)43-24-7-5-2)35(41)31-17-16-28-14-11-12-15-30(28)26-31;;;;/h11-12,14-21,26H,3-10,13,22-25H2,1-2H3;3*1H3;. The maximum atomic E-state index is 14.3. The van der Waals surface area contributed by atoms with Gasteiger partial charge in [0.1, 0.15) is 0 Å². The van der Waals surface area contributed by atoms with E-state index in [1.807, 2.05) is 37.3 Å². The van der Waals surface area contributed by atoms with Gasteiger partial charge in [-0.2, -0.15) is 0 Å². The molecule has 0 radical (unpaired) electrons. The minimum atomic E-state index is -2.77. The average molecular weight is 752 g/mol. The van der Waals surface area contributed by atoms with Crippen LogP contribution in [0.1, 0.15) is 92.4 Å². The molecule has 0 aliphatic rings. The molecule has 3 aromatic rings. The second-order valence-electron chi connectivity index (χ2n) is 13.2. The number of hydrogen-bond acceptors (Lipinski definition) is 6. The Labute approximate surface area is 284 Å². The van der Waals surface area contributed by atoms with E-state index in [-0.39, 0.29) is 41.0 Å². The van der Waals surface area contributed by atoms with Crippen molar-refractivity contribution in [3.05, 3.63) is 77.9 Å². The van der Waals surface area contributed by atoms with Crippen LogP contribution in [0.25, 0.3) is 10.8 Å². The number of unbranched alkanes of at least 4 members (excludes halogenated alkanes) is 6. The van der Waals surface area contributed by atoms with Gasteiger partial charge < -0.3 is 0 Å². The molecule has 0 aliphatic carbocycles. The summed E-state index contributed by atoms with van der Waals surface area (Å²) in [4.78, 5) is 61.4. The zero-order valence-electron chi connectivity index (χ0n) is 28.9. The Balaban J connectivity index is 1.91. The molecule has 47 heavy (non-hydrogen) atoms. The number of imide groups is 1. The third kappa shape index (κ3) is 12.6. The first-order valence-electron chi connectivity index (χ1n) is 17.1. The second-order valence-corrected chi connectivity index (χ2v) is 28.8. The van der Waals surface area contributed by atoms with Crippen LogP contribution in [0.3, 0.4) is 0 Å². The molecule has 0 N–H and O–H groups in total. The van der Waals surface area contributed by atoms with Gasteiger partial charge in [-0.1, -0.05) is 39.0 Å². The zero-order chi connectivity index (χ0) is 34.2. The van der Waals surface area contributed by atoms with Crippen molar-refractivity contribution in [1.82, 2.24) is 10.0 Å². The van der Waals surface area contributed by atoms with E-state index in [9.17, 15) is 19.2 Å². The Morgan fingerprint density at radius 1 is 0.681 bits per heavy atom. The third-order valence-corrected chi connectivity index (χ3v) is 11.6. The molecule has 0 aromatic heterocycles. The van der Waals surface area contributed by atoms with Gasteiger partial charge in [-0.05, 0) is 0 Å². The van der Waals surface area contributed by atoms with Crippen molar-refractivity contribution in [2.24, 2.45) is 0 Å². The second kappa shape index (κ2) is 19.4. The summed E-state index contributed by atoms with van der Waals surface area (Å²) in [5.41, 5.74) is 0.493. The number of rotatable bonds is 18. The van der Waals surface area contributed by atoms with Crippen molar-refractivity contribution in [3.63, 3.8) is 0 Å². The van der Waals surface area contributed by atoms with Crippen molar-refractivity contribution in [2.45, 2.75) is 90.9 Å². The summed E-state index contributed by atoms with van der Waals surface area (Å²) in [6.07, 6.45) is 8.42. The van der Waals surface area contributed by atoms with E-state index >= 15 is 0 Å². The molecule has 0 atom stereocenters. The van der Waals surface area contributed by atoms with Crippen LogP contribution in [-0.4, -0.2) is 71.8 Å². The van der Waals surface area contributed by atoms with Crippen molar-refractivity contribution in [1.29, 1.82) is 0 Å². The number of nitrogens with zero attached hydrogens (tertiary/aromatic N) is 2. The van der Waals surface area contributed by atoms with E-state index in [1.165, 1.54) is 30.7 Å². The fraction of sp³-hybridized carbons (Fsp3) is 0.474. The summed E-state index contributed by atoms with van der Waals surface area (Å²) < 4.78 is 11.5. The number of benzene rings is 3. The van der Waals surface area contributed by atoms with Crippen LogP contribution in [0.2, 0.25) is 19.3 Å². The van der Waals surface area contributed by atoms with Crippen LogP contribution < -0.4 is 4.74 Å². The molecule has 0 bridgehead atoms. The molecule has 3 rings (SSSR count). The average Bonchev–Trinajstić information content (AvgIpc) is 3.05. The quantitative estimate of drug-likeness (QED) is 0.0425. The Bertz CT molecular complexity index is 1470. The van der Waals surface area contributed by atoms with Gasteiger partial charge in [0.2, 0.25) is 0 Å². The van der Waals surface area contributed by atoms with Gasteiger partial charge >= 0.3 is 247 Å². The fourth-order valence-electron chi connectivity index (χ4n) is 5.13. The van der Waals surface area contributed by atoms with Gasteiger partial charge in [0.05, 0.1) is 0 Å². The maximum absolute atomic E-state index is 14.3. The molecular formula is C38H52N2O6Sn. The Hall–Kier alpha value is -3.40. The number of fused-ring (bicyclic) bond motifs is 1. The third-order valence-electron chi connectivity index (χ3n) is 7.75. The van der Waals surface area contributed by atoms with Crippen LogP contribution in [0.15, 0.2) is 66.7 Å². The van der Waals surface area contributed by atoms with Crippen LogP contribution in [0.5, 0.6) is 5.75 Å². The number of amides is 3. The number of hydrazine groups is 1. The summed E-state index contributed by atoms with van der Waals surface area (Å²) >= 11 is -2.77. The van der Waals surface area contributed by atoms with E-state index in [2.05, 4.69) is 21.7 Å². The molecular weight excluding hydrogens is 699 g/mol. The zero-order valence-corrected chi connectivity index (χ0v) is 31.7. The van der Waals surface area contributed by atoms with Gasteiger partial charge in [-0.3, -0.25) is 0 Å². The van der Waals surface area contributed by atoms with Gasteiger partial charge in [-0.25, -0.2) is 0 Å². The summed E-state index contributed by atoms with van der Waals surface area (Å²) in [5.74, 6) is -1.49. The predicted molar refractivity (Wildman–Crippen MR) is 190 cm³/mol. The molecule has 254 valence electrons. The number of ether oxygens (including phenoxy) is 2. The van der Waals surface area contributed by atoms with Gasteiger partial charge in [0.15, 0.2) is 0 Å². The molecule has 0 spiro atoms. The van der Waals surface area contributed by atoms with Crippen LogP contribution >= 0.6 is 0 Å². The Morgan fingerprint density at radius 3 is 1.98 bits per heavy atom. The van der Waals surface area contributed by atoms with Crippen molar-refractivity contribution < 1.29 is 28.7 Å². The topological polar surface area (TPSA) is 93.2 Å². The summed E-state index contributed by atoms with van der Waals surface area (Å²) in [7, 11) is 0. The molecule has 0 unspecified atom stereocenters. The van der Waals surface area contributed by atoms with Gasteiger partial charge in [-0.15, -0.1) is 0 Å². The SMILES string of the molecule is CCCCCCCCOc1ccc(C(=O)N(C(=O)c2ccc3ccccc3c2)N(CCC(=O)OCCCC)C(=O)[CH2][Sn]([CH3])([CH3])[CH3])cc1. The molecule has 8 nitrogen and oxygen atoms in total. The van der Waals surface area contributed by atoms with Crippen LogP contribution in [0, 0.1) is 0 Å². The molecule has 3 amide bonds. The van der Waals surface area contributed by atoms with E-state index in [0.717, 1.165) is 41.5 Å². The first-order valence-corrected chi connectivity index (χ1v) is 27.7.